The number of pyridine rings is 1. The summed E-state index contributed by atoms with van der Waals surface area (Å²) in [6.07, 6.45) is 5.74. The molecule has 0 fully saturated rings. The van der Waals surface area contributed by atoms with Crippen molar-refractivity contribution in [2.75, 3.05) is 0 Å². The summed E-state index contributed by atoms with van der Waals surface area (Å²) in [5.41, 5.74) is 5.02. The minimum Gasteiger partial charge on any atom is -0.435 e. The fraction of sp³-hybridized carbons (Fsp3) is 0.250. The van der Waals surface area contributed by atoms with Crippen LogP contribution in [0.5, 0.6) is 5.75 Å². The molecule has 1 heterocycles. The zero-order valence-corrected chi connectivity index (χ0v) is 18.5. The number of rotatable bonds is 9. The summed E-state index contributed by atoms with van der Waals surface area (Å²) in [5, 5.41) is 1.50. The largest absolute Gasteiger partial charge is 0.435 e. The number of nitrogens with zero attached hydrogens (tertiary/aromatic N) is 1. The van der Waals surface area contributed by atoms with Crippen molar-refractivity contribution in [1.29, 1.82) is 0 Å². The van der Waals surface area contributed by atoms with Crippen molar-refractivity contribution >= 4 is 10.8 Å². The van der Waals surface area contributed by atoms with Crippen molar-refractivity contribution in [3.8, 4) is 5.75 Å². The van der Waals surface area contributed by atoms with Gasteiger partial charge in [-0.2, -0.15) is 8.78 Å². The quantitative estimate of drug-likeness (QED) is 0.272. The maximum Gasteiger partial charge on any atom is 0.387 e. The maximum atomic E-state index is 15.1. The minimum absolute atomic E-state index is 0.121. The Bertz CT molecular complexity index is 1200. The van der Waals surface area contributed by atoms with E-state index in [0.717, 1.165) is 41.5 Å². The van der Waals surface area contributed by atoms with E-state index in [1.807, 2.05) is 36.5 Å². The van der Waals surface area contributed by atoms with Gasteiger partial charge in [0.15, 0.2) is 0 Å². The summed E-state index contributed by atoms with van der Waals surface area (Å²) in [6.45, 7) is -0.728. The van der Waals surface area contributed by atoms with Crippen LogP contribution >= 0.6 is 0 Å². The van der Waals surface area contributed by atoms with E-state index in [4.69, 9.17) is 0 Å². The molecule has 4 rings (SSSR count). The smallest absolute Gasteiger partial charge is 0.387 e. The van der Waals surface area contributed by atoms with Crippen LogP contribution in [0.15, 0.2) is 72.9 Å². The Labute approximate surface area is 192 Å². The molecule has 33 heavy (non-hydrogen) atoms. The standard InChI is InChI=1S/C28H26F3NO/c1-2-19-4-12-24(32-18-19)13-5-21-8-16-26-23(17-21)11-10-22(27(26)29)9-3-20-6-14-25(15-7-20)33-28(30)31/h4,6-8,10-12,14-18,28H,2-3,5,9,13H2,1H3. The van der Waals surface area contributed by atoms with E-state index in [9.17, 15) is 8.78 Å². The Balaban J connectivity index is 1.40. The Morgan fingerprint density at radius 2 is 1.52 bits per heavy atom. The van der Waals surface area contributed by atoms with Crippen LogP contribution < -0.4 is 4.74 Å². The van der Waals surface area contributed by atoms with Crippen molar-refractivity contribution in [1.82, 2.24) is 4.98 Å². The van der Waals surface area contributed by atoms with E-state index in [1.165, 1.54) is 17.7 Å². The number of hydrogen-bond donors (Lipinski definition) is 0. The molecule has 0 amide bonds. The van der Waals surface area contributed by atoms with Crippen molar-refractivity contribution < 1.29 is 17.9 Å². The molecule has 0 spiro atoms. The number of aromatic nitrogens is 1. The zero-order valence-electron chi connectivity index (χ0n) is 18.5. The second-order valence-corrected chi connectivity index (χ2v) is 8.13. The van der Waals surface area contributed by atoms with Crippen LogP contribution in [0.2, 0.25) is 0 Å². The molecular formula is C28H26F3NO. The van der Waals surface area contributed by atoms with E-state index in [2.05, 4.69) is 28.8 Å². The van der Waals surface area contributed by atoms with Crippen molar-refractivity contribution in [3.63, 3.8) is 0 Å². The molecule has 4 aromatic rings. The third-order valence-electron chi connectivity index (χ3n) is 5.89. The summed E-state index contributed by atoms with van der Waals surface area (Å²) in [6, 6.07) is 20.3. The number of benzene rings is 3. The second kappa shape index (κ2) is 10.5. The van der Waals surface area contributed by atoms with E-state index >= 15 is 4.39 Å². The number of halogens is 3. The molecule has 3 aromatic carbocycles. The van der Waals surface area contributed by atoms with Gasteiger partial charge in [0.1, 0.15) is 11.6 Å². The number of fused-ring (bicyclic) bond motifs is 1. The fourth-order valence-corrected chi connectivity index (χ4v) is 3.94. The van der Waals surface area contributed by atoms with E-state index in [0.29, 0.717) is 23.8 Å². The summed E-state index contributed by atoms with van der Waals surface area (Å²) in [7, 11) is 0. The maximum absolute atomic E-state index is 15.1. The highest BCUT2D eigenvalue weighted by Gasteiger charge is 2.10. The van der Waals surface area contributed by atoms with Gasteiger partial charge in [-0.15, -0.1) is 0 Å². The minimum atomic E-state index is -2.84. The molecule has 0 aliphatic carbocycles. The van der Waals surface area contributed by atoms with Gasteiger partial charge in [0.25, 0.3) is 0 Å². The summed E-state index contributed by atoms with van der Waals surface area (Å²) < 4.78 is 44.0. The predicted molar refractivity (Wildman–Crippen MR) is 125 cm³/mol. The molecule has 1 aromatic heterocycles. The Kier molecular flexibility index (Phi) is 7.28. The van der Waals surface area contributed by atoms with Crippen molar-refractivity contribution in [2.24, 2.45) is 0 Å². The average Bonchev–Trinajstić information content (AvgIpc) is 2.83. The third kappa shape index (κ3) is 5.92. The lowest BCUT2D eigenvalue weighted by molar-refractivity contribution is -0.0498. The molecule has 0 saturated carbocycles. The van der Waals surface area contributed by atoms with E-state index in [1.54, 1.807) is 12.1 Å². The molecule has 0 radical (unpaired) electrons. The van der Waals surface area contributed by atoms with Crippen LogP contribution in [-0.2, 0) is 32.1 Å². The highest BCUT2D eigenvalue weighted by atomic mass is 19.3. The molecular weight excluding hydrogens is 423 g/mol. The first-order chi connectivity index (χ1) is 16.0. The van der Waals surface area contributed by atoms with Crippen LogP contribution in [0.4, 0.5) is 13.2 Å². The van der Waals surface area contributed by atoms with Crippen LogP contribution in [0.1, 0.15) is 34.9 Å². The first-order valence-electron chi connectivity index (χ1n) is 11.2. The number of alkyl halides is 2. The van der Waals surface area contributed by atoms with Crippen molar-refractivity contribution in [2.45, 2.75) is 45.6 Å². The molecule has 0 bridgehead atoms. The molecule has 0 atom stereocenters. The SMILES string of the molecule is CCc1ccc(CCc2ccc3c(F)c(CCc4ccc(OC(F)F)cc4)ccc3c2)nc1. The van der Waals surface area contributed by atoms with Gasteiger partial charge < -0.3 is 4.74 Å². The molecule has 2 nitrogen and oxygen atoms in total. The first-order valence-corrected chi connectivity index (χ1v) is 11.2. The molecule has 5 heteroatoms. The van der Waals surface area contributed by atoms with E-state index < -0.39 is 6.61 Å². The Morgan fingerprint density at radius 1 is 0.788 bits per heavy atom. The van der Waals surface area contributed by atoms with Gasteiger partial charge in [0, 0.05) is 17.3 Å². The topological polar surface area (TPSA) is 22.1 Å². The summed E-state index contributed by atoms with van der Waals surface area (Å²) in [5.74, 6) is -0.0799. The number of hydrogen-bond acceptors (Lipinski definition) is 2. The summed E-state index contributed by atoms with van der Waals surface area (Å²) in [4.78, 5) is 4.52. The normalized spacial score (nSPS) is 11.3. The van der Waals surface area contributed by atoms with E-state index in [-0.39, 0.29) is 11.6 Å². The zero-order chi connectivity index (χ0) is 23.2. The highest BCUT2D eigenvalue weighted by Crippen LogP contribution is 2.25. The third-order valence-corrected chi connectivity index (χ3v) is 5.89. The van der Waals surface area contributed by atoms with Gasteiger partial charge in [0.05, 0.1) is 0 Å². The second-order valence-electron chi connectivity index (χ2n) is 8.13. The van der Waals surface area contributed by atoms with Crippen LogP contribution in [0.3, 0.4) is 0 Å². The van der Waals surface area contributed by atoms with Crippen LogP contribution in [0, 0.1) is 5.82 Å². The number of aryl methyl sites for hydroxylation is 5. The highest BCUT2D eigenvalue weighted by molar-refractivity contribution is 5.84. The first kappa shape index (κ1) is 22.8. The monoisotopic (exact) mass is 449 g/mol. The Morgan fingerprint density at radius 3 is 2.21 bits per heavy atom. The lowest BCUT2D eigenvalue weighted by atomic mass is 9.98. The van der Waals surface area contributed by atoms with Gasteiger partial charge in [-0.1, -0.05) is 55.5 Å². The lowest BCUT2D eigenvalue weighted by Crippen LogP contribution is -2.02. The van der Waals surface area contributed by atoms with Crippen molar-refractivity contribution in [3.05, 3.63) is 107 Å². The van der Waals surface area contributed by atoms with Crippen LogP contribution in [-0.4, -0.2) is 11.6 Å². The van der Waals surface area contributed by atoms with Gasteiger partial charge in [-0.05, 0) is 77.9 Å². The molecule has 0 N–H and O–H groups in total. The van der Waals surface area contributed by atoms with Gasteiger partial charge in [0.2, 0.25) is 0 Å². The van der Waals surface area contributed by atoms with Gasteiger partial charge in [-0.25, -0.2) is 4.39 Å². The summed E-state index contributed by atoms with van der Waals surface area (Å²) >= 11 is 0. The molecule has 0 aliphatic rings. The molecule has 170 valence electrons. The van der Waals surface area contributed by atoms with Gasteiger partial charge >= 0.3 is 6.61 Å². The number of ether oxygens (including phenoxy) is 1. The predicted octanol–water partition coefficient (Wildman–Crippen LogP) is 7.11. The molecule has 0 aliphatic heterocycles. The average molecular weight is 450 g/mol. The fourth-order valence-electron chi connectivity index (χ4n) is 3.94. The molecule has 0 unspecified atom stereocenters. The Hall–Kier alpha value is -3.34. The molecule has 0 saturated heterocycles. The van der Waals surface area contributed by atoms with Gasteiger partial charge in [-0.3, -0.25) is 4.98 Å². The lowest BCUT2D eigenvalue weighted by Gasteiger charge is -2.10. The van der Waals surface area contributed by atoms with Crippen LogP contribution in [0.25, 0.3) is 10.8 Å².